The molecule has 1 aliphatic rings. The summed E-state index contributed by atoms with van der Waals surface area (Å²) in [5.74, 6) is 0.679. The summed E-state index contributed by atoms with van der Waals surface area (Å²) in [6, 6.07) is 10.1. The molecule has 3 aromatic rings. The Hall–Kier alpha value is -3.49. The van der Waals surface area contributed by atoms with E-state index < -0.39 is 11.7 Å². The minimum atomic E-state index is -4.46. The van der Waals surface area contributed by atoms with Crippen LogP contribution in [0.3, 0.4) is 0 Å². The Kier molecular flexibility index (Phi) is 5.11. The largest absolute Gasteiger partial charge is 0.439 e. The van der Waals surface area contributed by atoms with Crippen LogP contribution in [0.4, 0.5) is 19.1 Å². The summed E-state index contributed by atoms with van der Waals surface area (Å²) in [6.07, 6.45) is -1.56. The molecule has 1 fully saturated rings. The summed E-state index contributed by atoms with van der Waals surface area (Å²) in [4.78, 5) is 24.8. The molecule has 0 saturated heterocycles. The number of carbonyl (C=O) groups excluding carboxylic acids is 1. The Morgan fingerprint density at radius 3 is 2.43 bits per heavy atom. The lowest BCUT2D eigenvalue weighted by Crippen LogP contribution is -2.15. The summed E-state index contributed by atoms with van der Waals surface area (Å²) in [7, 11) is 0. The molecule has 0 aliphatic heterocycles. The first-order valence-corrected chi connectivity index (χ1v) is 9.26. The lowest BCUT2D eigenvalue weighted by atomic mass is 10.2. The van der Waals surface area contributed by atoms with Gasteiger partial charge in [-0.1, -0.05) is 0 Å². The molecule has 1 aromatic carbocycles. The van der Waals surface area contributed by atoms with E-state index in [9.17, 15) is 18.0 Å². The summed E-state index contributed by atoms with van der Waals surface area (Å²) in [6.45, 7) is 1.85. The predicted octanol–water partition coefficient (Wildman–Crippen LogP) is 5.12. The number of anilines is 1. The van der Waals surface area contributed by atoms with E-state index in [4.69, 9.17) is 4.74 Å². The zero-order valence-corrected chi connectivity index (χ0v) is 15.9. The molecule has 1 N–H and O–H groups in total. The van der Waals surface area contributed by atoms with Crippen molar-refractivity contribution in [2.24, 2.45) is 0 Å². The van der Waals surface area contributed by atoms with Crippen LogP contribution < -0.4 is 10.1 Å². The first kappa shape index (κ1) is 19.8. The van der Waals surface area contributed by atoms with E-state index in [1.165, 1.54) is 24.3 Å². The van der Waals surface area contributed by atoms with Gasteiger partial charge in [-0.3, -0.25) is 10.1 Å². The lowest BCUT2D eigenvalue weighted by molar-refractivity contribution is -0.137. The summed E-state index contributed by atoms with van der Waals surface area (Å²) < 4.78 is 43.2. The maximum Gasteiger partial charge on any atom is 0.417 e. The molecule has 1 aliphatic carbocycles. The second-order valence-corrected chi connectivity index (χ2v) is 7.00. The van der Waals surface area contributed by atoms with Crippen LogP contribution in [0.15, 0.2) is 48.7 Å². The lowest BCUT2D eigenvalue weighted by Gasteiger charge is -2.09. The number of hydrogen-bond donors (Lipinski definition) is 1. The number of halogens is 3. The van der Waals surface area contributed by atoms with Gasteiger partial charge >= 0.3 is 6.18 Å². The van der Waals surface area contributed by atoms with Crippen LogP contribution in [0.5, 0.6) is 11.6 Å². The average molecular weight is 414 g/mol. The van der Waals surface area contributed by atoms with E-state index in [0.29, 0.717) is 23.4 Å². The highest BCUT2D eigenvalue weighted by atomic mass is 19.4. The van der Waals surface area contributed by atoms with Gasteiger partial charge in [0.15, 0.2) is 0 Å². The third kappa shape index (κ3) is 4.73. The molecular weight excluding hydrogens is 397 g/mol. The predicted molar refractivity (Wildman–Crippen MR) is 102 cm³/mol. The third-order valence-electron chi connectivity index (χ3n) is 4.50. The molecule has 0 radical (unpaired) electrons. The van der Waals surface area contributed by atoms with Crippen molar-refractivity contribution in [3.63, 3.8) is 0 Å². The Bertz CT molecular complexity index is 1060. The molecule has 4 rings (SSSR count). The smallest absolute Gasteiger partial charge is 0.417 e. The molecule has 0 atom stereocenters. The van der Waals surface area contributed by atoms with Gasteiger partial charge in [-0.05, 0) is 56.2 Å². The van der Waals surface area contributed by atoms with Crippen molar-refractivity contribution in [3.05, 3.63) is 71.2 Å². The first-order valence-electron chi connectivity index (χ1n) is 9.26. The fourth-order valence-corrected chi connectivity index (χ4v) is 2.81. The monoisotopic (exact) mass is 414 g/mol. The molecule has 0 bridgehead atoms. The Morgan fingerprint density at radius 1 is 1.10 bits per heavy atom. The number of pyridine rings is 1. The minimum Gasteiger partial charge on any atom is -0.439 e. The number of aromatic nitrogens is 3. The maximum atomic E-state index is 12.6. The van der Waals surface area contributed by atoms with Crippen molar-refractivity contribution in [2.45, 2.75) is 31.9 Å². The van der Waals surface area contributed by atoms with Crippen molar-refractivity contribution in [1.29, 1.82) is 0 Å². The second-order valence-electron chi connectivity index (χ2n) is 7.00. The van der Waals surface area contributed by atoms with E-state index >= 15 is 0 Å². The molecule has 0 spiro atoms. The van der Waals surface area contributed by atoms with E-state index in [0.717, 1.165) is 36.4 Å². The number of carbonyl (C=O) groups is 1. The number of aryl methyl sites for hydroxylation is 1. The van der Waals surface area contributed by atoms with Gasteiger partial charge in [-0.25, -0.2) is 15.0 Å². The first-order chi connectivity index (χ1) is 14.3. The zero-order chi connectivity index (χ0) is 21.3. The number of hydrogen-bond acceptors (Lipinski definition) is 5. The molecule has 6 nitrogen and oxygen atoms in total. The van der Waals surface area contributed by atoms with E-state index in [2.05, 4.69) is 20.3 Å². The standard InChI is InChI=1S/C21H17F3N4O2/c1-12-10-17(13-2-3-13)27-20(26-12)28-19(29)14-4-7-16(8-5-14)30-18-9-6-15(11-25-18)21(22,23)24/h4-11,13H,2-3H2,1H3,(H,26,27,28,29). The normalized spacial score (nSPS) is 13.7. The number of nitrogens with one attached hydrogen (secondary N) is 1. The molecule has 2 aromatic heterocycles. The van der Waals surface area contributed by atoms with Crippen LogP contribution in [-0.2, 0) is 6.18 Å². The van der Waals surface area contributed by atoms with Crippen molar-refractivity contribution in [3.8, 4) is 11.6 Å². The topological polar surface area (TPSA) is 77.0 Å². The highest BCUT2D eigenvalue weighted by molar-refractivity contribution is 6.03. The average Bonchev–Trinajstić information content (AvgIpc) is 3.53. The number of nitrogens with zero attached hydrogens (tertiary/aromatic N) is 3. The van der Waals surface area contributed by atoms with Gasteiger partial charge in [0.2, 0.25) is 11.8 Å². The molecule has 1 saturated carbocycles. The Labute approximate surface area is 170 Å². The van der Waals surface area contributed by atoms with Crippen molar-refractivity contribution in [1.82, 2.24) is 15.0 Å². The van der Waals surface area contributed by atoms with Gasteiger partial charge in [0.05, 0.1) is 5.56 Å². The molecule has 30 heavy (non-hydrogen) atoms. The van der Waals surface area contributed by atoms with Crippen LogP contribution in [0.1, 0.15) is 46.1 Å². The second kappa shape index (κ2) is 7.74. The molecule has 0 unspecified atom stereocenters. The molecular formula is C21H17F3N4O2. The van der Waals surface area contributed by atoms with Crippen LogP contribution in [0.25, 0.3) is 0 Å². The fourth-order valence-electron chi connectivity index (χ4n) is 2.81. The van der Waals surface area contributed by atoms with Crippen molar-refractivity contribution < 1.29 is 22.7 Å². The highest BCUT2D eigenvalue weighted by Crippen LogP contribution is 2.39. The number of alkyl halides is 3. The summed E-state index contributed by atoms with van der Waals surface area (Å²) in [5.41, 5.74) is 1.23. The van der Waals surface area contributed by atoms with Gasteiger partial charge in [0, 0.05) is 35.1 Å². The molecule has 154 valence electrons. The van der Waals surface area contributed by atoms with Gasteiger partial charge in [-0.15, -0.1) is 0 Å². The minimum absolute atomic E-state index is 0.0148. The van der Waals surface area contributed by atoms with Crippen LogP contribution >= 0.6 is 0 Å². The van der Waals surface area contributed by atoms with Gasteiger partial charge < -0.3 is 4.74 Å². The molecule has 1 amide bonds. The summed E-state index contributed by atoms with van der Waals surface area (Å²) >= 11 is 0. The summed E-state index contributed by atoms with van der Waals surface area (Å²) in [5, 5.41) is 2.69. The Balaban J connectivity index is 1.41. The van der Waals surface area contributed by atoms with Crippen molar-refractivity contribution in [2.75, 3.05) is 5.32 Å². The van der Waals surface area contributed by atoms with Crippen LogP contribution in [0, 0.1) is 6.92 Å². The van der Waals surface area contributed by atoms with E-state index in [1.54, 1.807) is 0 Å². The van der Waals surface area contributed by atoms with Crippen LogP contribution in [-0.4, -0.2) is 20.9 Å². The molecule has 2 heterocycles. The van der Waals surface area contributed by atoms with E-state index in [1.807, 2.05) is 13.0 Å². The molecule has 9 heteroatoms. The van der Waals surface area contributed by atoms with Crippen molar-refractivity contribution >= 4 is 11.9 Å². The van der Waals surface area contributed by atoms with Crippen LogP contribution in [0.2, 0.25) is 0 Å². The highest BCUT2D eigenvalue weighted by Gasteiger charge is 2.30. The Morgan fingerprint density at radius 2 is 1.83 bits per heavy atom. The maximum absolute atomic E-state index is 12.6. The number of rotatable bonds is 5. The van der Waals surface area contributed by atoms with Gasteiger partial charge in [-0.2, -0.15) is 13.2 Å². The van der Waals surface area contributed by atoms with E-state index in [-0.39, 0.29) is 17.7 Å². The number of amides is 1. The van der Waals surface area contributed by atoms with Gasteiger partial charge in [0.1, 0.15) is 5.75 Å². The fraction of sp³-hybridized carbons (Fsp3) is 0.238. The SMILES string of the molecule is Cc1cc(C2CC2)nc(NC(=O)c2ccc(Oc3ccc(C(F)(F)F)cn3)cc2)n1. The van der Waals surface area contributed by atoms with Gasteiger partial charge in [0.25, 0.3) is 5.91 Å². The number of benzene rings is 1. The quantitative estimate of drug-likeness (QED) is 0.627. The third-order valence-corrected chi connectivity index (χ3v) is 4.50. The zero-order valence-electron chi connectivity index (χ0n) is 15.9. The number of ether oxygens (including phenoxy) is 1.